The van der Waals surface area contributed by atoms with Gasteiger partial charge >= 0.3 is 5.97 Å². The first-order valence-electron chi connectivity index (χ1n) is 45.3. The Kier molecular flexibility index (Phi) is 85.8. The van der Waals surface area contributed by atoms with Gasteiger partial charge in [0.2, 0.25) is 5.91 Å². The number of allylic oxidation sites excluding steroid dienone is 5. The second kappa shape index (κ2) is 87.5. The van der Waals surface area contributed by atoms with Gasteiger partial charge in [-0.2, -0.15) is 0 Å². The molecule has 0 aliphatic heterocycles. The molecule has 0 fully saturated rings. The maximum absolute atomic E-state index is 12.6. The molecule has 0 aliphatic carbocycles. The van der Waals surface area contributed by atoms with E-state index in [0.29, 0.717) is 19.4 Å². The van der Waals surface area contributed by atoms with Crippen LogP contribution in [0.25, 0.3) is 0 Å². The predicted molar refractivity (Wildman–Crippen MR) is 435 cm³/mol. The number of nitrogens with one attached hydrogen (secondary N) is 1. The van der Waals surface area contributed by atoms with Crippen molar-refractivity contribution in [1.29, 1.82) is 0 Å². The lowest BCUT2D eigenvalue weighted by atomic mass is 10.0. The van der Waals surface area contributed by atoms with Crippen molar-refractivity contribution in [2.75, 3.05) is 13.2 Å². The predicted octanol–water partition coefficient (Wildman–Crippen LogP) is 30.5. The van der Waals surface area contributed by atoms with Crippen molar-refractivity contribution in [3.63, 3.8) is 0 Å². The summed E-state index contributed by atoms with van der Waals surface area (Å²) in [4.78, 5) is 24.7. The molecule has 580 valence electrons. The third-order valence-electron chi connectivity index (χ3n) is 21.4. The Labute approximate surface area is 614 Å². The van der Waals surface area contributed by atoms with Gasteiger partial charge in [-0.25, -0.2) is 0 Å². The number of ether oxygens (including phenoxy) is 1. The summed E-state index contributed by atoms with van der Waals surface area (Å²) in [7, 11) is 0. The van der Waals surface area contributed by atoms with E-state index >= 15 is 0 Å². The summed E-state index contributed by atoms with van der Waals surface area (Å²) in [6, 6.07) is -0.627. The summed E-state index contributed by atoms with van der Waals surface area (Å²) >= 11 is 0. The number of unbranched alkanes of at least 4 members (excludes halogenated alkanes) is 71. The lowest BCUT2D eigenvalue weighted by Gasteiger charge is -2.20. The number of hydrogen-bond acceptors (Lipinski definition) is 5. The van der Waals surface area contributed by atoms with Gasteiger partial charge in [0.05, 0.1) is 25.4 Å². The van der Waals surface area contributed by atoms with Crippen LogP contribution in [0.1, 0.15) is 515 Å². The van der Waals surface area contributed by atoms with E-state index in [9.17, 15) is 19.8 Å². The van der Waals surface area contributed by atoms with Crippen molar-refractivity contribution in [3.05, 3.63) is 36.5 Å². The van der Waals surface area contributed by atoms with Crippen molar-refractivity contribution < 1.29 is 24.5 Å². The van der Waals surface area contributed by atoms with Gasteiger partial charge in [0.15, 0.2) is 0 Å². The Morgan fingerprint density at radius 3 is 0.776 bits per heavy atom. The Morgan fingerprint density at radius 1 is 0.286 bits per heavy atom. The standard InChI is InChI=1S/C92H177NO5/c1-3-5-7-9-11-13-15-17-19-21-23-24-25-43-46-49-52-56-60-64-68-72-76-80-84-90(95)89(88-94)93-91(96)85-81-77-73-69-65-61-57-53-50-47-44-41-39-37-35-33-31-29-27-26-28-30-32-34-36-38-40-42-45-48-51-55-59-63-67-71-75-79-83-87-98-92(97)86-82-78-74-70-66-62-58-54-22-20-18-16-14-12-10-8-6-4-2/h26-27,30,32,80,84,89-90,94-95H,3-25,28-29,31,33-79,81-83,85-88H2,1-2H3,(H,93,96)/b27-26-,32-30-,84-80+. The van der Waals surface area contributed by atoms with Gasteiger partial charge < -0.3 is 20.3 Å². The van der Waals surface area contributed by atoms with E-state index in [2.05, 4.69) is 43.5 Å². The molecule has 0 saturated carbocycles. The highest BCUT2D eigenvalue weighted by Gasteiger charge is 2.18. The second-order valence-corrected chi connectivity index (χ2v) is 31.3. The molecule has 0 radical (unpaired) electrons. The van der Waals surface area contributed by atoms with Gasteiger partial charge in [-0.05, 0) is 64.2 Å². The summed E-state index contributed by atoms with van der Waals surface area (Å²) in [5.41, 5.74) is 0. The SMILES string of the molecule is CCCCCCCCCCCCCCCCCCCCCCCC/C=C/C(O)C(CO)NC(=O)CCCCCCCCCCCCCCCCCCC/C=C\C/C=C\CCCCCCCCCCCCCCCCCOC(=O)CCCCCCCCCCCCCCCCCCCC. The first kappa shape index (κ1) is 96.1. The average Bonchev–Trinajstić information content (AvgIpc) is 2.56. The number of carbonyl (C=O) groups excluding carboxylic acids is 2. The number of amides is 1. The normalized spacial score (nSPS) is 12.6. The molecule has 0 rings (SSSR count). The maximum atomic E-state index is 12.6. The molecule has 1 amide bonds. The number of aliphatic hydroxyl groups is 2. The zero-order valence-electron chi connectivity index (χ0n) is 66.8. The Balaban J connectivity index is 3.36. The van der Waals surface area contributed by atoms with E-state index in [1.54, 1.807) is 6.08 Å². The molecular formula is C92H177NO5. The van der Waals surface area contributed by atoms with E-state index in [4.69, 9.17) is 4.74 Å². The van der Waals surface area contributed by atoms with Gasteiger partial charge in [0.25, 0.3) is 0 Å². The highest BCUT2D eigenvalue weighted by molar-refractivity contribution is 5.76. The quantitative estimate of drug-likeness (QED) is 0.0320. The molecule has 0 heterocycles. The minimum Gasteiger partial charge on any atom is -0.466 e. The van der Waals surface area contributed by atoms with Gasteiger partial charge in [-0.1, -0.05) is 474 Å². The van der Waals surface area contributed by atoms with Gasteiger partial charge in [-0.15, -0.1) is 0 Å². The second-order valence-electron chi connectivity index (χ2n) is 31.3. The third-order valence-corrected chi connectivity index (χ3v) is 21.4. The van der Waals surface area contributed by atoms with Gasteiger partial charge in [0.1, 0.15) is 0 Å². The van der Waals surface area contributed by atoms with Crippen LogP contribution in [0.4, 0.5) is 0 Å². The van der Waals surface area contributed by atoms with E-state index in [-0.39, 0.29) is 18.5 Å². The highest BCUT2D eigenvalue weighted by Crippen LogP contribution is 2.21. The van der Waals surface area contributed by atoms with Crippen molar-refractivity contribution in [3.8, 4) is 0 Å². The van der Waals surface area contributed by atoms with Crippen molar-refractivity contribution in [2.24, 2.45) is 0 Å². The molecule has 0 aromatic heterocycles. The van der Waals surface area contributed by atoms with Crippen molar-refractivity contribution >= 4 is 11.9 Å². The molecule has 2 atom stereocenters. The summed E-state index contributed by atoms with van der Waals surface area (Å²) in [6.07, 6.45) is 116. The van der Waals surface area contributed by atoms with Crippen LogP contribution in [0.15, 0.2) is 36.5 Å². The molecule has 0 saturated heterocycles. The summed E-state index contributed by atoms with van der Waals surface area (Å²) in [5.74, 6) is -0.0336. The zero-order valence-corrected chi connectivity index (χ0v) is 66.8. The van der Waals surface area contributed by atoms with Crippen LogP contribution in [0, 0.1) is 0 Å². The van der Waals surface area contributed by atoms with Crippen LogP contribution in [0.5, 0.6) is 0 Å². The van der Waals surface area contributed by atoms with E-state index in [1.165, 1.54) is 443 Å². The molecule has 3 N–H and O–H groups in total. The summed E-state index contributed by atoms with van der Waals surface area (Å²) in [5, 5.41) is 23.3. The number of carbonyl (C=O) groups is 2. The smallest absolute Gasteiger partial charge is 0.305 e. The molecule has 0 aliphatic rings. The zero-order chi connectivity index (χ0) is 70.5. The molecule has 0 spiro atoms. The first-order valence-corrected chi connectivity index (χ1v) is 45.3. The van der Waals surface area contributed by atoms with E-state index in [1.807, 2.05) is 6.08 Å². The van der Waals surface area contributed by atoms with Crippen LogP contribution in [-0.2, 0) is 14.3 Å². The molecule has 0 aromatic rings. The molecule has 2 unspecified atom stereocenters. The van der Waals surface area contributed by atoms with E-state index in [0.717, 1.165) is 44.9 Å². The summed E-state index contributed by atoms with van der Waals surface area (Å²) < 4.78 is 5.52. The topological polar surface area (TPSA) is 95.9 Å². The number of esters is 1. The maximum Gasteiger partial charge on any atom is 0.305 e. The highest BCUT2D eigenvalue weighted by atomic mass is 16.5. The largest absolute Gasteiger partial charge is 0.466 e. The Morgan fingerprint density at radius 2 is 0.510 bits per heavy atom. The first-order chi connectivity index (χ1) is 48.5. The fourth-order valence-corrected chi connectivity index (χ4v) is 14.6. The monoisotopic (exact) mass is 1380 g/mol. The van der Waals surface area contributed by atoms with Crippen molar-refractivity contribution in [1.82, 2.24) is 5.32 Å². The van der Waals surface area contributed by atoms with Crippen LogP contribution < -0.4 is 5.32 Å². The van der Waals surface area contributed by atoms with Crippen LogP contribution in [0.2, 0.25) is 0 Å². The van der Waals surface area contributed by atoms with Gasteiger partial charge in [0, 0.05) is 12.8 Å². The molecule has 6 nitrogen and oxygen atoms in total. The lowest BCUT2D eigenvalue weighted by molar-refractivity contribution is -0.143. The average molecular weight is 1380 g/mol. The van der Waals surface area contributed by atoms with Gasteiger partial charge in [-0.3, -0.25) is 9.59 Å². The minimum atomic E-state index is -0.844. The minimum absolute atomic E-state index is 0.0257. The number of hydrogen-bond donors (Lipinski definition) is 3. The van der Waals surface area contributed by atoms with Crippen LogP contribution in [0.3, 0.4) is 0 Å². The molecule has 6 heteroatoms. The fourth-order valence-electron chi connectivity index (χ4n) is 14.6. The molecular weight excluding hydrogens is 1200 g/mol. The number of rotatable bonds is 86. The van der Waals surface area contributed by atoms with Crippen LogP contribution >= 0.6 is 0 Å². The van der Waals surface area contributed by atoms with E-state index < -0.39 is 12.1 Å². The fraction of sp³-hybridized carbons (Fsp3) is 0.913. The lowest BCUT2D eigenvalue weighted by Crippen LogP contribution is -2.45. The summed E-state index contributed by atoms with van der Waals surface area (Å²) in [6.45, 7) is 4.97. The Hall–Kier alpha value is -1.92. The molecule has 0 bridgehead atoms. The molecule has 0 aromatic carbocycles. The Bertz CT molecular complexity index is 1590. The van der Waals surface area contributed by atoms with Crippen molar-refractivity contribution in [2.45, 2.75) is 527 Å². The molecule has 98 heavy (non-hydrogen) atoms. The van der Waals surface area contributed by atoms with Crippen LogP contribution in [-0.4, -0.2) is 47.4 Å². The third kappa shape index (κ3) is 83.0. The number of aliphatic hydroxyl groups excluding tert-OH is 2.